The Balaban J connectivity index is 3.71. The van der Waals surface area contributed by atoms with Crippen molar-refractivity contribution in [1.82, 2.24) is 0 Å². The number of unbranched alkanes of at least 4 members (excludes halogenated alkanes) is 4. The molecule has 0 aliphatic heterocycles. The van der Waals surface area contributed by atoms with Crippen LogP contribution in [0, 0.1) is 0 Å². The van der Waals surface area contributed by atoms with Gasteiger partial charge in [-0.2, -0.15) is 0 Å². The van der Waals surface area contributed by atoms with E-state index in [1.165, 1.54) is 25.7 Å². The first kappa shape index (κ1) is 14.6. The van der Waals surface area contributed by atoms with Crippen LogP contribution in [-0.4, -0.2) is 13.9 Å². The van der Waals surface area contributed by atoms with Crippen molar-refractivity contribution in [2.24, 2.45) is 0 Å². The molecule has 0 amide bonds. The number of rotatable bonds is 8. The van der Waals surface area contributed by atoms with Crippen molar-refractivity contribution in [3.8, 4) is 0 Å². The first-order valence-electron chi connectivity index (χ1n) is 6.12. The first-order chi connectivity index (χ1) is 6.89. The van der Waals surface area contributed by atoms with Gasteiger partial charge in [-0.25, -0.2) is 0 Å². The molecule has 0 bridgehead atoms. The van der Waals surface area contributed by atoms with Crippen molar-refractivity contribution < 1.29 is 4.79 Å². The summed E-state index contributed by atoms with van der Waals surface area (Å²) in [5, 5.41) is 0.915. The molecule has 0 heterocycles. The van der Waals surface area contributed by atoms with Gasteiger partial charge >= 0.3 is 0 Å². The summed E-state index contributed by atoms with van der Waals surface area (Å²) in [4.78, 5) is 11.8. The molecule has 0 aliphatic rings. The summed E-state index contributed by atoms with van der Waals surface area (Å²) in [7, 11) is -1.44. The summed E-state index contributed by atoms with van der Waals surface area (Å²) in [6.07, 6.45) is 6.77. The fourth-order valence-electron chi connectivity index (χ4n) is 1.46. The minimum atomic E-state index is -1.44. The predicted octanol–water partition coefficient (Wildman–Crippen LogP) is 4.35. The van der Waals surface area contributed by atoms with Gasteiger partial charge in [-0.3, -0.25) is 4.79 Å². The minimum Gasteiger partial charge on any atom is -0.295 e. The molecule has 1 nitrogen and oxygen atoms in total. The molecule has 0 saturated heterocycles. The van der Waals surface area contributed by atoms with Crippen LogP contribution in [0.5, 0.6) is 0 Å². The van der Waals surface area contributed by atoms with Gasteiger partial charge in [0.2, 0.25) is 0 Å². The van der Waals surface area contributed by atoms with Crippen LogP contribution in [0.4, 0.5) is 0 Å². The third-order valence-corrected chi connectivity index (χ3v) is 4.84. The van der Waals surface area contributed by atoms with Gasteiger partial charge in [-0.05, 0) is 11.6 Å². The lowest BCUT2D eigenvalue weighted by Gasteiger charge is -2.18. The van der Waals surface area contributed by atoms with Crippen LogP contribution in [0.25, 0.3) is 0 Å². The molecule has 0 spiro atoms. The van der Waals surface area contributed by atoms with E-state index in [1.54, 1.807) is 0 Å². The monoisotopic (exact) mass is 226 g/mol. The summed E-state index contributed by atoms with van der Waals surface area (Å²) in [5.74, 6) is 0.311. The standard InChI is InChI=1S/C13H26OSi/c1-6-7-8-9-10-11-13(14)12(2)15(3,4)5/h2,6-11H2,1,3-5H3. The molecule has 0 rings (SSSR count). The van der Waals surface area contributed by atoms with E-state index < -0.39 is 8.07 Å². The second-order valence-corrected chi connectivity index (χ2v) is 10.4. The van der Waals surface area contributed by atoms with E-state index in [9.17, 15) is 4.79 Å². The lowest BCUT2D eigenvalue weighted by Crippen LogP contribution is -2.28. The van der Waals surface area contributed by atoms with Gasteiger partial charge in [0.15, 0.2) is 5.78 Å². The number of carbonyl (C=O) groups is 1. The molecule has 0 radical (unpaired) electrons. The molecule has 0 atom stereocenters. The van der Waals surface area contributed by atoms with Gasteiger partial charge < -0.3 is 0 Å². The van der Waals surface area contributed by atoms with Gasteiger partial charge in [0.25, 0.3) is 0 Å². The van der Waals surface area contributed by atoms with Gasteiger partial charge in [-0.15, -0.1) is 0 Å². The van der Waals surface area contributed by atoms with Crippen molar-refractivity contribution in [3.63, 3.8) is 0 Å². The highest BCUT2D eigenvalue weighted by molar-refractivity contribution is 6.87. The third kappa shape index (κ3) is 6.66. The quantitative estimate of drug-likeness (QED) is 0.342. The molecule has 0 N–H and O–H groups in total. The summed E-state index contributed by atoms with van der Waals surface area (Å²) in [6, 6.07) is 0. The average molecular weight is 226 g/mol. The van der Waals surface area contributed by atoms with E-state index in [0.717, 1.165) is 11.6 Å². The van der Waals surface area contributed by atoms with E-state index in [-0.39, 0.29) is 0 Å². The van der Waals surface area contributed by atoms with Gasteiger partial charge in [0, 0.05) is 6.42 Å². The Bertz CT molecular complexity index is 213. The molecular weight excluding hydrogens is 200 g/mol. The van der Waals surface area contributed by atoms with E-state index in [4.69, 9.17) is 0 Å². The third-order valence-electron chi connectivity index (χ3n) is 2.75. The van der Waals surface area contributed by atoms with Crippen molar-refractivity contribution in [1.29, 1.82) is 0 Å². The Morgan fingerprint density at radius 2 is 1.60 bits per heavy atom. The Morgan fingerprint density at radius 1 is 1.07 bits per heavy atom. The van der Waals surface area contributed by atoms with Crippen LogP contribution >= 0.6 is 0 Å². The molecule has 0 saturated carbocycles. The normalized spacial score (nSPS) is 11.5. The number of ketones is 1. The molecule has 0 aromatic heterocycles. The highest BCUT2D eigenvalue weighted by atomic mass is 28.3. The second kappa shape index (κ2) is 6.99. The Hall–Kier alpha value is -0.373. The predicted molar refractivity (Wildman–Crippen MR) is 70.9 cm³/mol. The zero-order chi connectivity index (χ0) is 11.9. The SMILES string of the molecule is C=C(C(=O)CCCCCCC)[Si](C)(C)C. The average Bonchev–Trinajstić information content (AvgIpc) is 2.14. The fraction of sp³-hybridized carbons (Fsp3) is 0.769. The number of allylic oxidation sites excluding steroid dienone is 1. The summed E-state index contributed by atoms with van der Waals surface area (Å²) in [5.41, 5.74) is 0. The highest BCUT2D eigenvalue weighted by Gasteiger charge is 2.22. The summed E-state index contributed by atoms with van der Waals surface area (Å²) in [6.45, 7) is 12.7. The number of Topliss-reactive ketones (excluding diaryl/α,β-unsaturated/α-hetero) is 1. The van der Waals surface area contributed by atoms with Gasteiger partial charge in [0.1, 0.15) is 0 Å². The molecule has 2 heteroatoms. The maximum absolute atomic E-state index is 11.8. The Morgan fingerprint density at radius 3 is 2.07 bits per heavy atom. The Kier molecular flexibility index (Phi) is 6.82. The van der Waals surface area contributed by atoms with E-state index in [1.807, 2.05) is 0 Å². The zero-order valence-electron chi connectivity index (χ0n) is 10.9. The topological polar surface area (TPSA) is 17.1 Å². The molecule has 88 valence electrons. The minimum absolute atomic E-state index is 0.311. The van der Waals surface area contributed by atoms with Crippen LogP contribution in [0.15, 0.2) is 11.8 Å². The van der Waals surface area contributed by atoms with Crippen LogP contribution < -0.4 is 0 Å². The first-order valence-corrected chi connectivity index (χ1v) is 9.62. The fourth-order valence-corrected chi connectivity index (χ4v) is 2.42. The lowest BCUT2D eigenvalue weighted by atomic mass is 10.1. The number of carbonyl (C=O) groups excluding carboxylic acids is 1. The molecule has 0 aromatic rings. The van der Waals surface area contributed by atoms with E-state index >= 15 is 0 Å². The lowest BCUT2D eigenvalue weighted by molar-refractivity contribution is -0.115. The largest absolute Gasteiger partial charge is 0.295 e. The molecule has 15 heavy (non-hydrogen) atoms. The summed E-state index contributed by atoms with van der Waals surface area (Å²) < 4.78 is 0. The van der Waals surface area contributed by atoms with Crippen molar-refractivity contribution in [3.05, 3.63) is 11.8 Å². The highest BCUT2D eigenvalue weighted by Crippen LogP contribution is 2.16. The van der Waals surface area contributed by atoms with Gasteiger partial charge in [0.05, 0.1) is 8.07 Å². The van der Waals surface area contributed by atoms with E-state index in [2.05, 4.69) is 33.1 Å². The van der Waals surface area contributed by atoms with Gasteiger partial charge in [-0.1, -0.05) is 58.8 Å². The number of hydrogen-bond donors (Lipinski definition) is 0. The molecule has 0 aliphatic carbocycles. The van der Waals surface area contributed by atoms with Crippen LogP contribution in [0.1, 0.15) is 45.4 Å². The number of hydrogen-bond acceptors (Lipinski definition) is 1. The zero-order valence-corrected chi connectivity index (χ0v) is 11.9. The van der Waals surface area contributed by atoms with Crippen molar-refractivity contribution in [2.45, 2.75) is 65.1 Å². The molecule has 0 fully saturated rings. The van der Waals surface area contributed by atoms with Crippen molar-refractivity contribution in [2.75, 3.05) is 0 Å². The molecule has 0 aromatic carbocycles. The maximum atomic E-state index is 11.8. The second-order valence-electron chi connectivity index (χ2n) is 5.32. The summed E-state index contributed by atoms with van der Waals surface area (Å²) >= 11 is 0. The van der Waals surface area contributed by atoms with Crippen LogP contribution in [-0.2, 0) is 4.79 Å². The van der Waals surface area contributed by atoms with Crippen LogP contribution in [0.2, 0.25) is 19.6 Å². The Labute approximate surface area is 96.0 Å². The maximum Gasteiger partial charge on any atom is 0.154 e. The smallest absolute Gasteiger partial charge is 0.154 e. The molecular formula is C13H26OSi. The molecule has 0 unspecified atom stereocenters. The van der Waals surface area contributed by atoms with E-state index in [0.29, 0.717) is 12.2 Å². The van der Waals surface area contributed by atoms with Crippen LogP contribution in [0.3, 0.4) is 0 Å². The van der Waals surface area contributed by atoms with Crippen molar-refractivity contribution >= 4 is 13.9 Å².